The van der Waals surface area contributed by atoms with E-state index in [-0.39, 0.29) is 17.5 Å². The van der Waals surface area contributed by atoms with Crippen molar-refractivity contribution in [2.24, 2.45) is 0 Å². The molecule has 3 aromatic rings. The Balaban J connectivity index is 1.99. The van der Waals surface area contributed by atoms with E-state index in [2.05, 4.69) is 30.9 Å². The molecular weight excluding hydrogens is 266 g/mol. The van der Waals surface area contributed by atoms with Crippen molar-refractivity contribution in [2.45, 2.75) is 32.7 Å². The molecule has 3 rings (SSSR count). The number of hydrogen-bond acceptors (Lipinski definition) is 4. The second-order valence-corrected chi connectivity index (χ2v) is 6.04. The summed E-state index contributed by atoms with van der Waals surface area (Å²) in [5.74, 6) is 0.483. The van der Waals surface area contributed by atoms with Gasteiger partial charge in [0.1, 0.15) is 12.1 Å². The zero-order valence-corrected chi connectivity index (χ0v) is 12.3. The normalized spacial score (nSPS) is 12.0. The highest BCUT2D eigenvalue weighted by atomic mass is 16.3. The minimum absolute atomic E-state index is 0.114. The van der Waals surface area contributed by atoms with Crippen LogP contribution in [0.5, 0.6) is 0 Å². The van der Waals surface area contributed by atoms with Crippen LogP contribution in [-0.4, -0.2) is 14.8 Å². The van der Waals surface area contributed by atoms with Crippen LogP contribution in [0.4, 0.5) is 0 Å². The van der Waals surface area contributed by atoms with E-state index in [0.717, 1.165) is 11.2 Å². The van der Waals surface area contributed by atoms with Crippen molar-refractivity contribution in [2.75, 3.05) is 0 Å². The summed E-state index contributed by atoms with van der Waals surface area (Å²) >= 11 is 0. The third kappa shape index (κ3) is 2.72. The van der Waals surface area contributed by atoms with Crippen molar-refractivity contribution in [1.29, 1.82) is 0 Å². The smallest absolute Gasteiger partial charge is 0.267 e. The Hall–Kier alpha value is -2.43. The highest BCUT2D eigenvalue weighted by molar-refractivity contribution is 5.72. The first kappa shape index (κ1) is 13.5. The molecule has 0 N–H and O–H groups in total. The minimum atomic E-state index is -0.162. The fraction of sp³-hybridized carbons (Fsp3) is 0.312. The average Bonchev–Trinajstić information content (AvgIpc) is 2.82. The van der Waals surface area contributed by atoms with Gasteiger partial charge in [-0.3, -0.25) is 4.79 Å². The number of aromatic nitrogens is 3. The summed E-state index contributed by atoms with van der Waals surface area (Å²) < 4.78 is 7.04. The van der Waals surface area contributed by atoms with Crippen LogP contribution in [0.15, 0.2) is 45.6 Å². The molecule has 0 atom stereocenters. The van der Waals surface area contributed by atoms with Gasteiger partial charge in [0.25, 0.3) is 5.56 Å². The molecular formula is C16H17N3O2. The SMILES string of the molecule is CC(C)(C)c1ccc(=O)n(Cc2nc3ccccc3o2)n1. The Bertz CT molecular complexity index is 807. The van der Waals surface area contributed by atoms with Crippen molar-refractivity contribution >= 4 is 11.1 Å². The van der Waals surface area contributed by atoms with Crippen LogP contribution in [-0.2, 0) is 12.0 Å². The molecule has 5 nitrogen and oxygen atoms in total. The first-order valence-corrected chi connectivity index (χ1v) is 6.86. The number of para-hydroxylation sites is 2. The van der Waals surface area contributed by atoms with Gasteiger partial charge in [-0.25, -0.2) is 9.67 Å². The summed E-state index contributed by atoms with van der Waals surface area (Å²) in [4.78, 5) is 16.3. The topological polar surface area (TPSA) is 60.9 Å². The van der Waals surface area contributed by atoms with E-state index in [9.17, 15) is 4.79 Å². The monoisotopic (exact) mass is 283 g/mol. The van der Waals surface area contributed by atoms with E-state index < -0.39 is 0 Å². The first-order chi connectivity index (χ1) is 9.93. The summed E-state index contributed by atoms with van der Waals surface area (Å²) in [6.07, 6.45) is 0. The summed E-state index contributed by atoms with van der Waals surface area (Å²) in [7, 11) is 0. The first-order valence-electron chi connectivity index (χ1n) is 6.86. The Morgan fingerprint density at radius 3 is 2.62 bits per heavy atom. The molecule has 1 aromatic carbocycles. The van der Waals surface area contributed by atoms with Crippen LogP contribution < -0.4 is 5.56 Å². The third-order valence-electron chi connectivity index (χ3n) is 3.26. The van der Waals surface area contributed by atoms with Crippen molar-refractivity contribution in [3.8, 4) is 0 Å². The maximum absolute atomic E-state index is 11.9. The quantitative estimate of drug-likeness (QED) is 0.725. The number of oxazole rings is 1. The molecule has 0 aliphatic heterocycles. The number of hydrogen-bond donors (Lipinski definition) is 0. The molecule has 0 radical (unpaired) electrons. The maximum atomic E-state index is 11.9. The van der Waals surface area contributed by atoms with Crippen molar-refractivity contribution in [3.05, 3.63) is 58.3 Å². The van der Waals surface area contributed by atoms with Gasteiger partial charge in [-0.15, -0.1) is 0 Å². The largest absolute Gasteiger partial charge is 0.439 e. The van der Waals surface area contributed by atoms with Crippen molar-refractivity contribution in [3.63, 3.8) is 0 Å². The Kier molecular flexibility index (Phi) is 3.12. The predicted molar refractivity (Wildman–Crippen MR) is 80.3 cm³/mol. The lowest BCUT2D eigenvalue weighted by molar-refractivity contribution is 0.461. The number of rotatable bonds is 2. The highest BCUT2D eigenvalue weighted by Crippen LogP contribution is 2.19. The molecule has 108 valence electrons. The van der Waals surface area contributed by atoms with Gasteiger partial charge in [-0.1, -0.05) is 32.9 Å². The lowest BCUT2D eigenvalue weighted by Crippen LogP contribution is -2.27. The standard InChI is InChI=1S/C16H17N3O2/c1-16(2,3)13-8-9-15(20)19(18-13)10-14-17-11-6-4-5-7-12(11)21-14/h4-9H,10H2,1-3H3. The van der Waals surface area contributed by atoms with Gasteiger partial charge in [0.15, 0.2) is 5.58 Å². The molecule has 0 saturated heterocycles. The summed E-state index contributed by atoms with van der Waals surface area (Å²) in [5, 5.41) is 4.41. The second-order valence-electron chi connectivity index (χ2n) is 6.04. The van der Waals surface area contributed by atoms with Crippen molar-refractivity contribution < 1.29 is 4.42 Å². The van der Waals surface area contributed by atoms with Gasteiger partial charge < -0.3 is 4.42 Å². The molecule has 0 aliphatic rings. The molecule has 0 amide bonds. The molecule has 0 fully saturated rings. The summed E-state index contributed by atoms with van der Waals surface area (Å²) in [6.45, 7) is 6.41. The van der Waals surface area contributed by atoms with E-state index in [0.29, 0.717) is 11.5 Å². The zero-order chi connectivity index (χ0) is 15.0. The van der Waals surface area contributed by atoms with Crippen LogP contribution in [0.3, 0.4) is 0 Å². The van der Waals surface area contributed by atoms with Gasteiger partial charge in [0, 0.05) is 11.5 Å². The molecule has 0 aliphatic carbocycles. The fourth-order valence-electron chi connectivity index (χ4n) is 2.08. The van der Waals surface area contributed by atoms with Crippen LogP contribution in [0.1, 0.15) is 32.4 Å². The Morgan fingerprint density at radius 1 is 1.14 bits per heavy atom. The summed E-state index contributed by atoms with van der Waals surface area (Å²) in [5.41, 5.74) is 2.08. The number of fused-ring (bicyclic) bond motifs is 1. The molecule has 0 unspecified atom stereocenters. The highest BCUT2D eigenvalue weighted by Gasteiger charge is 2.17. The molecule has 0 saturated carbocycles. The molecule has 5 heteroatoms. The molecule has 2 aromatic heterocycles. The van der Waals surface area contributed by atoms with Crippen LogP contribution in [0.25, 0.3) is 11.1 Å². The Morgan fingerprint density at radius 2 is 1.90 bits per heavy atom. The van der Waals surface area contributed by atoms with Crippen LogP contribution >= 0.6 is 0 Å². The minimum Gasteiger partial charge on any atom is -0.439 e. The molecule has 0 spiro atoms. The van der Waals surface area contributed by atoms with Crippen LogP contribution in [0, 0.1) is 0 Å². The second kappa shape index (κ2) is 4.84. The molecule has 21 heavy (non-hydrogen) atoms. The maximum Gasteiger partial charge on any atom is 0.267 e. The van der Waals surface area contributed by atoms with Gasteiger partial charge in [-0.2, -0.15) is 5.10 Å². The summed E-state index contributed by atoms with van der Waals surface area (Å²) in [6, 6.07) is 10.8. The number of benzene rings is 1. The Labute approximate surface area is 122 Å². The lowest BCUT2D eigenvalue weighted by atomic mass is 9.92. The number of nitrogens with zero attached hydrogens (tertiary/aromatic N) is 3. The van der Waals surface area contributed by atoms with Gasteiger partial charge in [0.2, 0.25) is 5.89 Å². The average molecular weight is 283 g/mol. The van der Waals surface area contributed by atoms with Gasteiger partial charge in [-0.05, 0) is 18.2 Å². The van der Waals surface area contributed by atoms with Gasteiger partial charge >= 0.3 is 0 Å². The van der Waals surface area contributed by atoms with E-state index in [1.54, 1.807) is 6.07 Å². The van der Waals surface area contributed by atoms with Gasteiger partial charge in [0.05, 0.1) is 5.69 Å². The van der Waals surface area contributed by atoms with E-state index in [1.165, 1.54) is 10.7 Å². The van der Waals surface area contributed by atoms with E-state index in [4.69, 9.17) is 4.42 Å². The van der Waals surface area contributed by atoms with Crippen LogP contribution in [0.2, 0.25) is 0 Å². The molecule has 2 heterocycles. The molecule has 0 bridgehead atoms. The van der Waals surface area contributed by atoms with Crippen molar-refractivity contribution in [1.82, 2.24) is 14.8 Å². The van der Waals surface area contributed by atoms with E-state index >= 15 is 0 Å². The van der Waals surface area contributed by atoms with E-state index in [1.807, 2.05) is 24.3 Å². The zero-order valence-electron chi connectivity index (χ0n) is 12.3. The lowest BCUT2D eigenvalue weighted by Gasteiger charge is -2.18. The fourth-order valence-corrected chi connectivity index (χ4v) is 2.08. The predicted octanol–water partition coefficient (Wildman–Crippen LogP) is 2.73. The third-order valence-corrected chi connectivity index (χ3v) is 3.26.